The second-order valence-electron chi connectivity index (χ2n) is 7.15. The van der Waals surface area contributed by atoms with Crippen LogP contribution in [0.5, 0.6) is 5.88 Å². The largest absolute Gasteiger partial charge is 0.481 e. The Kier molecular flexibility index (Phi) is 5.02. The van der Waals surface area contributed by atoms with Crippen LogP contribution >= 0.6 is 11.3 Å². The summed E-state index contributed by atoms with van der Waals surface area (Å²) >= 11 is 1.52. The van der Waals surface area contributed by atoms with Crippen molar-refractivity contribution in [1.29, 1.82) is 0 Å². The van der Waals surface area contributed by atoms with Crippen molar-refractivity contribution in [3.63, 3.8) is 0 Å². The molecule has 0 amide bonds. The molecule has 0 bridgehead atoms. The molecule has 3 aromatic heterocycles. The number of nitrogens with zero attached hydrogens (tertiary/aromatic N) is 3. The Morgan fingerprint density at radius 2 is 2.00 bits per heavy atom. The lowest BCUT2D eigenvalue weighted by Crippen LogP contribution is -2.13. The Morgan fingerprint density at radius 3 is 2.66 bits per heavy atom. The zero-order valence-corrected chi connectivity index (χ0v) is 16.7. The number of aromatic nitrogens is 3. The Morgan fingerprint density at radius 1 is 1.24 bits per heavy atom. The molecule has 0 radical (unpaired) electrons. The maximum absolute atomic E-state index is 13.2. The van der Waals surface area contributed by atoms with Crippen LogP contribution in [0.3, 0.4) is 0 Å². The van der Waals surface area contributed by atoms with E-state index in [4.69, 9.17) is 0 Å². The van der Waals surface area contributed by atoms with Crippen LogP contribution in [-0.2, 0) is 23.8 Å². The molecule has 0 atom stereocenters. The average molecular weight is 421 g/mol. The fraction of sp³-hybridized carbons (Fsp3) is 0.400. The van der Waals surface area contributed by atoms with Crippen LogP contribution in [0.2, 0.25) is 0 Å². The third-order valence-electron chi connectivity index (χ3n) is 4.84. The number of aryl methyl sites for hydroxylation is 1. The van der Waals surface area contributed by atoms with E-state index in [1.54, 1.807) is 6.20 Å². The molecule has 3 aromatic rings. The van der Waals surface area contributed by atoms with E-state index in [1.807, 2.05) is 6.92 Å². The summed E-state index contributed by atoms with van der Waals surface area (Å²) in [7, 11) is 1.13. The Balaban J connectivity index is 1.59. The molecule has 9 heteroatoms. The van der Waals surface area contributed by atoms with Crippen molar-refractivity contribution in [2.45, 2.75) is 44.7 Å². The van der Waals surface area contributed by atoms with E-state index in [0.717, 1.165) is 52.5 Å². The molecule has 1 saturated carbocycles. The monoisotopic (exact) mass is 421 g/mol. The summed E-state index contributed by atoms with van der Waals surface area (Å²) in [4.78, 5) is 26.2. The fourth-order valence-electron chi connectivity index (χ4n) is 3.47. The van der Waals surface area contributed by atoms with Crippen molar-refractivity contribution >= 4 is 27.5 Å². The molecular formula is C20H18F3N3O2S. The van der Waals surface area contributed by atoms with Crippen LogP contribution in [0, 0.1) is 6.92 Å². The molecular weight excluding hydrogens is 403 g/mol. The molecule has 0 N–H and O–H groups in total. The van der Waals surface area contributed by atoms with Crippen LogP contribution in [0.1, 0.15) is 46.0 Å². The van der Waals surface area contributed by atoms with Crippen molar-refractivity contribution in [2.75, 3.05) is 7.11 Å². The summed E-state index contributed by atoms with van der Waals surface area (Å²) in [5.41, 5.74) is 1.95. The number of carbonyl (C=O) groups excluding carboxylic acids is 1. The van der Waals surface area contributed by atoms with Crippen LogP contribution in [-0.4, -0.2) is 27.8 Å². The number of thiazole rings is 1. The van der Waals surface area contributed by atoms with E-state index >= 15 is 0 Å². The van der Waals surface area contributed by atoms with Crippen molar-refractivity contribution in [1.82, 2.24) is 15.0 Å². The normalized spacial score (nSPS) is 14.4. The van der Waals surface area contributed by atoms with Gasteiger partial charge in [0.05, 0.1) is 12.1 Å². The lowest BCUT2D eigenvalue weighted by Gasteiger charge is -2.12. The number of fused-ring (bicyclic) bond motifs is 1. The number of halogens is 3. The topological polar surface area (TPSA) is 65.0 Å². The standard InChI is InChI=1S/C20H18F3N3O2S/c1-10-26-17-16(12-3-4-12)13(9-25-19(17)29-10)7-14(27)5-11-6-15(20(21,22)23)18(28-2)24-8-11/h6,8-9,12H,3-5,7H2,1-2H3. The van der Waals surface area contributed by atoms with Crippen molar-refractivity contribution in [2.24, 2.45) is 0 Å². The second kappa shape index (κ2) is 7.37. The Labute approximate surface area is 169 Å². The Hall–Kier alpha value is -2.55. The highest BCUT2D eigenvalue weighted by atomic mass is 32.1. The third-order valence-corrected chi connectivity index (χ3v) is 5.71. The van der Waals surface area contributed by atoms with Gasteiger partial charge in [-0.25, -0.2) is 15.0 Å². The number of ketones is 1. The summed E-state index contributed by atoms with van der Waals surface area (Å²) in [5.74, 6) is -0.317. The summed E-state index contributed by atoms with van der Waals surface area (Å²) < 4.78 is 44.2. The van der Waals surface area contributed by atoms with Gasteiger partial charge in [0.1, 0.15) is 21.7 Å². The van der Waals surface area contributed by atoms with Crippen LogP contribution < -0.4 is 4.74 Å². The third kappa shape index (κ3) is 4.10. The van der Waals surface area contributed by atoms with Gasteiger partial charge in [0.15, 0.2) is 0 Å². The molecule has 5 nitrogen and oxygen atoms in total. The van der Waals surface area contributed by atoms with Crippen molar-refractivity contribution in [3.05, 3.63) is 45.7 Å². The number of pyridine rings is 2. The first-order valence-electron chi connectivity index (χ1n) is 9.13. The summed E-state index contributed by atoms with van der Waals surface area (Å²) in [6.45, 7) is 1.92. The molecule has 0 aromatic carbocycles. The number of alkyl halides is 3. The zero-order chi connectivity index (χ0) is 20.8. The summed E-state index contributed by atoms with van der Waals surface area (Å²) in [6, 6.07) is 0.927. The molecule has 3 heterocycles. The van der Waals surface area contributed by atoms with E-state index in [1.165, 1.54) is 17.5 Å². The van der Waals surface area contributed by atoms with Crippen LogP contribution in [0.4, 0.5) is 13.2 Å². The number of hydrogen-bond acceptors (Lipinski definition) is 6. The smallest absolute Gasteiger partial charge is 0.421 e. The van der Waals surface area contributed by atoms with Gasteiger partial charge in [-0.2, -0.15) is 13.2 Å². The Bertz CT molecular complexity index is 1090. The molecule has 1 fully saturated rings. The molecule has 1 aliphatic carbocycles. The van der Waals surface area contributed by atoms with Gasteiger partial charge in [0, 0.05) is 25.2 Å². The van der Waals surface area contributed by atoms with Gasteiger partial charge >= 0.3 is 6.18 Å². The molecule has 0 aliphatic heterocycles. The van der Waals surface area contributed by atoms with Crippen molar-refractivity contribution < 1.29 is 22.7 Å². The van der Waals surface area contributed by atoms with Gasteiger partial charge in [0.2, 0.25) is 5.88 Å². The highest BCUT2D eigenvalue weighted by Gasteiger charge is 2.36. The van der Waals surface area contributed by atoms with E-state index < -0.39 is 17.6 Å². The SMILES string of the molecule is COc1ncc(CC(=O)Cc2cnc3sc(C)nc3c2C2CC2)cc1C(F)(F)F. The highest BCUT2D eigenvalue weighted by molar-refractivity contribution is 7.18. The first-order chi connectivity index (χ1) is 13.8. The summed E-state index contributed by atoms with van der Waals surface area (Å²) in [5, 5.41) is 0.918. The maximum Gasteiger partial charge on any atom is 0.421 e. The molecule has 152 valence electrons. The molecule has 1 aliphatic rings. The van der Waals surface area contributed by atoms with Gasteiger partial charge in [-0.3, -0.25) is 4.79 Å². The van der Waals surface area contributed by atoms with Gasteiger partial charge in [0.25, 0.3) is 0 Å². The number of methoxy groups -OCH3 is 1. The molecule has 0 saturated heterocycles. The minimum absolute atomic E-state index is 0.110. The molecule has 0 unspecified atom stereocenters. The lowest BCUT2D eigenvalue weighted by atomic mass is 9.97. The minimum atomic E-state index is -4.60. The van der Waals surface area contributed by atoms with Gasteiger partial charge < -0.3 is 4.74 Å². The predicted octanol–water partition coefficient (Wildman–Crippen LogP) is 4.65. The van der Waals surface area contributed by atoms with E-state index in [9.17, 15) is 18.0 Å². The number of Topliss-reactive ketones (excluding diaryl/α,β-unsaturated/α-hetero) is 1. The van der Waals surface area contributed by atoms with Crippen LogP contribution in [0.25, 0.3) is 10.3 Å². The second-order valence-corrected chi connectivity index (χ2v) is 8.33. The summed E-state index contributed by atoms with van der Waals surface area (Å²) in [6.07, 6.45) is 0.422. The first-order valence-corrected chi connectivity index (χ1v) is 9.94. The number of ether oxygens (including phenoxy) is 1. The number of carbonyl (C=O) groups is 1. The predicted molar refractivity (Wildman–Crippen MR) is 102 cm³/mol. The van der Waals surface area contributed by atoms with Gasteiger partial charge in [-0.15, -0.1) is 0 Å². The van der Waals surface area contributed by atoms with E-state index in [0.29, 0.717) is 5.92 Å². The van der Waals surface area contributed by atoms with E-state index in [-0.39, 0.29) is 24.2 Å². The number of hydrogen-bond donors (Lipinski definition) is 0. The van der Waals surface area contributed by atoms with E-state index in [2.05, 4.69) is 19.7 Å². The molecule has 0 spiro atoms. The molecule has 4 rings (SSSR count). The lowest BCUT2D eigenvalue weighted by molar-refractivity contribution is -0.139. The van der Waals surface area contributed by atoms with Crippen molar-refractivity contribution in [3.8, 4) is 5.88 Å². The maximum atomic E-state index is 13.2. The first kappa shape index (κ1) is 19.8. The van der Waals surface area contributed by atoms with Crippen LogP contribution in [0.15, 0.2) is 18.5 Å². The zero-order valence-electron chi connectivity index (χ0n) is 15.8. The average Bonchev–Trinajstić information content (AvgIpc) is 3.41. The fourth-order valence-corrected chi connectivity index (χ4v) is 4.24. The molecule has 29 heavy (non-hydrogen) atoms. The highest BCUT2D eigenvalue weighted by Crippen LogP contribution is 2.45. The minimum Gasteiger partial charge on any atom is -0.481 e. The van der Waals surface area contributed by atoms with Gasteiger partial charge in [-0.1, -0.05) is 11.3 Å². The van der Waals surface area contributed by atoms with Gasteiger partial charge in [-0.05, 0) is 48.4 Å². The quantitative estimate of drug-likeness (QED) is 0.580. The number of rotatable bonds is 6.